The van der Waals surface area contributed by atoms with Gasteiger partial charge in [-0.3, -0.25) is 14.0 Å². The van der Waals surface area contributed by atoms with E-state index in [1.165, 1.54) is 11.3 Å². The number of hydrogen-bond acceptors (Lipinski definition) is 8. The Balaban J connectivity index is 1.73. The summed E-state index contributed by atoms with van der Waals surface area (Å²) in [5, 5.41) is 5.75. The number of fused-ring (bicyclic) bond motifs is 3. The number of carbonyl (C=O) groups excluding carboxylic acids is 2. The van der Waals surface area contributed by atoms with Crippen molar-refractivity contribution in [2.75, 3.05) is 38.6 Å². The Bertz CT molecular complexity index is 1640. The number of aromatic nitrogens is 2. The molecule has 1 aliphatic rings. The van der Waals surface area contributed by atoms with Crippen LogP contribution in [0.15, 0.2) is 24.0 Å². The van der Waals surface area contributed by atoms with Gasteiger partial charge >= 0.3 is 6.09 Å². The fourth-order valence-corrected chi connectivity index (χ4v) is 6.71. The van der Waals surface area contributed by atoms with Crippen molar-refractivity contribution in [3.05, 3.63) is 51.4 Å². The molecule has 3 aromatic rings. The minimum absolute atomic E-state index is 0.00908. The van der Waals surface area contributed by atoms with Crippen molar-refractivity contribution < 1.29 is 18.7 Å². The summed E-state index contributed by atoms with van der Waals surface area (Å²) < 4.78 is 22.7. The van der Waals surface area contributed by atoms with Gasteiger partial charge in [0.1, 0.15) is 16.0 Å². The third-order valence-corrected chi connectivity index (χ3v) is 8.84. The van der Waals surface area contributed by atoms with Gasteiger partial charge in [0.2, 0.25) is 5.43 Å². The number of halogens is 1. The van der Waals surface area contributed by atoms with Crippen molar-refractivity contribution in [3.8, 4) is 0 Å². The maximum Gasteiger partial charge on any atom is 0.407 e. The summed E-state index contributed by atoms with van der Waals surface area (Å²) in [5.74, 6) is -1.15. The highest BCUT2D eigenvalue weighted by Crippen LogP contribution is 2.32. The first-order valence-electron chi connectivity index (χ1n) is 14.9. The molecule has 1 aliphatic heterocycles. The number of ether oxygens (including phenoxy) is 1. The van der Waals surface area contributed by atoms with E-state index in [4.69, 9.17) is 4.74 Å². The molecule has 0 spiro atoms. The van der Waals surface area contributed by atoms with E-state index in [0.717, 1.165) is 25.3 Å². The number of thiazole rings is 1. The van der Waals surface area contributed by atoms with Crippen LogP contribution in [-0.2, 0) is 4.74 Å². The molecule has 0 aliphatic carbocycles. The Labute approximate surface area is 261 Å². The van der Waals surface area contributed by atoms with E-state index in [1.54, 1.807) is 42.2 Å². The van der Waals surface area contributed by atoms with Crippen molar-refractivity contribution in [3.63, 3.8) is 0 Å². The number of hydrogen-bond donors (Lipinski definition) is 2. The highest BCUT2D eigenvalue weighted by atomic mass is 32.1. The van der Waals surface area contributed by atoms with Crippen LogP contribution in [0.4, 0.5) is 15.0 Å². The Hall–Kier alpha value is -3.77. The Morgan fingerprint density at radius 3 is 2.61 bits per heavy atom. The van der Waals surface area contributed by atoms with Gasteiger partial charge in [0.25, 0.3) is 5.91 Å². The van der Waals surface area contributed by atoms with Crippen LogP contribution < -0.4 is 21.0 Å². The van der Waals surface area contributed by atoms with Gasteiger partial charge in [-0.2, -0.15) is 0 Å². The Kier molecular flexibility index (Phi) is 10.1. The standard InChI is InChI=1S/C32H43FN6O4S/c1-9-12-20(37(7)8)13-15-34-29(41)25-26(40)21-17-22(33)28(36-27(21)39-23(10-2)24(11-3)44-30(25)39)38-16-14-19(18-38)35-31(42)43-32(4,5)6/h10-11,17,19-20H,2-3,9,12-16,18H2,1,4-8H3,(H,34,41)(H,35,42). The average Bonchev–Trinajstić information content (AvgIpc) is 3.55. The van der Waals surface area contributed by atoms with Crippen LogP contribution >= 0.6 is 11.3 Å². The lowest BCUT2D eigenvalue weighted by Crippen LogP contribution is -2.40. The lowest BCUT2D eigenvalue weighted by Gasteiger charge is -2.24. The quantitative estimate of drug-likeness (QED) is 0.298. The molecule has 4 rings (SSSR count). The van der Waals surface area contributed by atoms with Crippen LogP contribution in [0.25, 0.3) is 28.0 Å². The number of nitrogens with one attached hydrogen (secondary N) is 2. The number of pyridine rings is 2. The van der Waals surface area contributed by atoms with E-state index in [9.17, 15) is 14.4 Å². The molecule has 2 N–H and O–H groups in total. The van der Waals surface area contributed by atoms with Gasteiger partial charge in [-0.25, -0.2) is 14.2 Å². The molecule has 44 heavy (non-hydrogen) atoms. The van der Waals surface area contributed by atoms with Crippen molar-refractivity contribution >= 4 is 57.2 Å². The molecule has 4 heterocycles. The van der Waals surface area contributed by atoms with Crippen LogP contribution in [0.1, 0.15) is 74.3 Å². The predicted octanol–water partition coefficient (Wildman–Crippen LogP) is 5.29. The minimum atomic E-state index is -0.688. The smallest absolute Gasteiger partial charge is 0.407 e. The van der Waals surface area contributed by atoms with E-state index in [0.29, 0.717) is 47.5 Å². The molecule has 0 aromatic carbocycles. The number of anilines is 1. The summed E-state index contributed by atoms with van der Waals surface area (Å²) in [6.07, 6.45) is 6.01. The first kappa shape index (κ1) is 33.1. The van der Waals surface area contributed by atoms with Gasteiger partial charge in [0.05, 0.1) is 22.0 Å². The molecule has 0 bridgehead atoms. The molecule has 2 unspecified atom stereocenters. The zero-order valence-electron chi connectivity index (χ0n) is 26.5. The number of alkyl carbamates (subject to hydrolysis) is 1. The molecule has 238 valence electrons. The second kappa shape index (κ2) is 13.5. The predicted molar refractivity (Wildman–Crippen MR) is 176 cm³/mol. The van der Waals surface area contributed by atoms with Crippen LogP contribution in [0.5, 0.6) is 0 Å². The summed E-state index contributed by atoms with van der Waals surface area (Å²) in [5.41, 5.74) is -0.471. The molecule has 2 atom stereocenters. The van der Waals surface area contributed by atoms with Gasteiger partial charge < -0.3 is 25.2 Å². The Morgan fingerprint density at radius 1 is 1.27 bits per heavy atom. The van der Waals surface area contributed by atoms with Gasteiger partial charge in [0, 0.05) is 25.7 Å². The van der Waals surface area contributed by atoms with Crippen molar-refractivity contribution in [2.45, 2.75) is 71.1 Å². The molecule has 1 saturated heterocycles. The van der Waals surface area contributed by atoms with Gasteiger partial charge in [-0.05, 0) is 72.3 Å². The summed E-state index contributed by atoms with van der Waals surface area (Å²) in [7, 11) is 4.02. The van der Waals surface area contributed by atoms with E-state index < -0.39 is 28.8 Å². The monoisotopic (exact) mass is 626 g/mol. The SMILES string of the molecule is C=Cc1sc2c(C(=O)NCCC(CCC)N(C)C)c(=O)c3cc(F)c(N4CCC(NC(=O)OC(C)(C)C)C4)nc3n2c1C=C. The largest absolute Gasteiger partial charge is 0.444 e. The molecule has 0 radical (unpaired) electrons. The molecule has 0 saturated carbocycles. The van der Waals surface area contributed by atoms with E-state index in [-0.39, 0.29) is 28.5 Å². The maximum atomic E-state index is 15.7. The fraction of sp³-hybridized carbons (Fsp3) is 0.500. The molecule has 12 heteroatoms. The molecule has 10 nitrogen and oxygen atoms in total. The van der Waals surface area contributed by atoms with Gasteiger partial charge in [-0.15, -0.1) is 11.3 Å². The average molecular weight is 627 g/mol. The van der Waals surface area contributed by atoms with Crippen molar-refractivity contribution in [1.29, 1.82) is 0 Å². The molecule has 3 aromatic heterocycles. The molecule has 1 fully saturated rings. The third-order valence-electron chi connectivity index (χ3n) is 7.67. The summed E-state index contributed by atoms with van der Waals surface area (Å²) in [4.78, 5) is 49.3. The first-order valence-corrected chi connectivity index (χ1v) is 15.8. The zero-order chi connectivity index (χ0) is 32.3. The number of amides is 2. The highest BCUT2D eigenvalue weighted by Gasteiger charge is 2.30. The molecular formula is C32H43FN6O4S. The lowest BCUT2D eigenvalue weighted by molar-refractivity contribution is 0.0508. The normalized spacial score (nSPS) is 16.0. The van der Waals surface area contributed by atoms with Crippen LogP contribution in [0.2, 0.25) is 0 Å². The highest BCUT2D eigenvalue weighted by molar-refractivity contribution is 7.19. The first-order chi connectivity index (χ1) is 20.8. The number of rotatable bonds is 11. The van der Waals surface area contributed by atoms with Crippen LogP contribution in [0.3, 0.4) is 0 Å². The maximum absolute atomic E-state index is 15.7. The van der Waals surface area contributed by atoms with Gasteiger partial charge in [-0.1, -0.05) is 26.5 Å². The fourth-order valence-electron chi connectivity index (χ4n) is 5.57. The molecule has 2 amide bonds. The third kappa shape index (κ3) is 6.96. The number of carbonyl (C=O) groups is 2. The van der Waals surface area contributed by atoms with Crippen molar-refractivity contribution in [2.24, 2.45) is 0 Å². The summed E-state index contributed by atoms with van der Waals surface area (Å²) >= 11 is 1.23. The molecular weight excluding hydrogens is 583 g/mol. The van der Waals surface area contributed by atoms with Crippen molar-refractivity contribution in [1.82, 2.24) is 24.9 Å². The second-order valence-corrected chi connectivity index (χ2v) is 13.3. The Morgan fingerprint density at radius 2 is 2.00 bits per heavy atom. The minimum Gasteiger partial charge on any atom is -0.444 e. The van der Waals surface area contributed by atoms with E-state index >= 15 is 4.39 Å². The summed E-state index contributed by atoms with van der Waals surface area (Å²) in [6.45, 7) is 16.5. The van der Waals surface area contributed by atoms with E-state index in [2.05, 4.69) is 40.6 Å². The van der Waals surface area contributed by atoms with E-state index in [1.807, 2.05) is 14.1 Å². The van der Waals surface area contributed by atoms with Gasteiger partial charge in [0.15, 0.2) is 17.3 Å². The summed E-state index contributed by atoms with van der Waals surface area (Å²) in [6, 6.07) is 1.18. The van der Waals surface area contributed by atoms with Crippen LogP contribution in [0, 0.1) is 5.82 Å². The lowest BCUT2D eigenvalue weighted by atomic mass is 10.1. The van der Waals surface area contributed by atoms with Crippen LogP contribution in [-0.4, -0.2) is 77.7 Å². The zero-order valence-corrected chi connectivity index (χ0v) is 27.3. The second-order valence-electron chi connectivity index (χ2n) is 12.3. The topological polar surface area (TPSA) is 108 Å². The number of nitrogens with zero attached hydrogens (tertiary/aromatic N) is 4.